The normalized spacial score (nSPS) is 6.00. The zero-order chi connectivity index (χ0) is 5.86. The van der Waals surface area contributed by atoms with Crippen LogP contribution in [0.1, 0.15) is 13.8 Å². The van der Waals surface area contributed by atoms with Gasteiger partial charge in [-0.15, -0.1) is 0 Å². The van der Waals surface area contributed by atoms with E-state index in [0.29, 0.717) is 0 Å². The second-order valence-electron chi connectivity index (χ2n) is 1.09. The van der Waals surface area contributed by atoms with Crippen LogP contribution in [0.3, 0.4) is 0 Å². The molecule has 0 heterocycles. The number of carbonyl (C=O) groups excluding carboxylic acids is 2. The van der Waals surface area contributed by atoms with Crippen LogP contribution in [0, 0.1) is 0 Å². The second kappa shape index (κ2) is 10.2. The molecule has 0 aromatic rings. The Morgan fingerprint density at radius 1 is 1.11 bits per heavy atom. The molecule has 0 spiro atoms. The van der Waals surface area contributed by atoms with Crippen LogP contribution in [0.4, 0.5) is 0 Å². The topological polar surface area (TPSA) is 43.4 Å². The van der Waals surface area contributed by atoms with E-state index in [1.54, 1.807) is 0 Å². The molecule has 0 rings (SSSR count). The van der Waals surface area contributed by atoms with Crippen molar-refractivity contribution in [2.24, 2.45) is 0 Å². The summed E-state index contributed by atoms with van der Waals surface area (Å²) in [6.07, 6.45) is 0. The van der Waals surface area contributed by atoms with E-state index in [0.717, 1.165) is 0 Å². The van der Waals surface area contributed by atoms with E-state index in [1.165, 1.54) is 13.8 Å². The third-order valence-electron chi connectivity index (χ3n) is 0.287. The van der Waals surface area contributed by atoms with Crippen LogP contribution in [0.2, 0.25) is 0 Å². The average molecular weight is 331 g/mol. The van der Waals surface area contributed by atoms with Crippen LogP contribution >= 0.6 is 0 Å². The van der Waals surface area contributed by atoms with E-state index in [1.807, 2.05) is 0 Å². The Labute approximate surface area is 131 Å². The molecule has 0 N–H and O–H groups in total. The third kappa shape index (κ3) is 17.8. The molecular weight excluding hydrogens is 321 g/mol. The van der Waals surface area contributed by atoms with E-state index in [9.17, 15) is 9.59 Å². The maximum absolute atomic E-state index is 9.81. The molecule has 0 aromatic heterocycles. The summed E-state index contributed by atoms with van der Waals surface area (Å²) in [5.41, 5.74) is 0. The van der Waals surface area contributed by atoms with Crippen molar-refractivity contribution in [1.82, 2.24) is 0 Å². The van der Waals surface area contributed by atoms with Gasteiger partial charge in [-0.2, -0.15) is 0 Å². The van der Waals surface area contributed by atoms with Crippen LogP contribution in [0.25, 0.3) is 0 Å². The molecule has 0 aromatic carbocycles. The van der Waals surface area contributed by atoms with Crippen molar-refractivity contribution in [2.45, 2.75) is 13.8 Å². The Hall–Kier alpha value is 2.19. The first kappa shape index (κ1) is 17.3. The van der Waals surface area contributed by atoms with Gasteiger partial charge in [0, 0.05) is 13.8 Å². The van der Waals surface area contributed by atoms with Crippen LogP contribution in [-0.2, 0) is 14.3 Å². The van der Waals surface area contributed by atoms with Gasteiger partial charge < -0.3 is 4.74 Å². The third-order valence-corrected chi connectivity index (χ3v) is 0.287. The first-order chi connectivity index (χ1) is 3.13. The van der Waals surface area contributed by atoms with Gasteiger partial charge in [-0.3, -0.25) is 9.59 Å². The zero-order valence-corrected chi connectivity index (χ0v) is 4.22. The molecule has 0 radical (unpaired) electrons. The molecular formula is C4H10BaO3Sr. The van der Waals surface area contributed by atoms with Gasteiger partial charge >= 0.3 is 106 Å². The van der Waals surface area contributed by atoms with Crippen molar-refractivity contribution in [3.63, 3.8) is 0 Å². The van der Waals surface area contributed by atoms with E-state index >= 15 is 0 Å². The first-order valence-electron chi connectivity index (χ1n) is 1.82. The fraction of sp³-hybridized carbons (Fsp3) is 0.500. The summed E-state index contributed by atoms with van der Waals surface area (Å²) in [6.45, 7) is 2.36. The van der Waals surface area contributed by atoms with Gasteiger partial charge in [0.25, 0.3) is 0 Å². The molecule has 0 aliphatic heterocycles. The number of carbonyl (C=O) groups is 2. The van der Waals surface area contributed by atoms with E-state index < -0.39 is 11.9 Å². The van der Waals surface area contributed by atoms with Crippen molar-refractivity contribution < 1.29 is 14.3 Å². The Bertz CT molecular complexity index is 92.0. The van der Waals surface area contributed by atoms with Crippen LogP contribution in [0.5, 0.6) is 0 Å². The summed E-state index contributed by atoms with van der Waals surface area (Å²) >= 11 is 0. The molecule has 9 heavy (non-hydrogen) atoms. The summed E-state index contributed by atoms with van der Waals surface area (Å²) in [5, 5.41) is 0. The molecule has 0 unspecified atom stereocenters. The van der Waals surface area contributed by atoms with Gasteiger partial charge in [-0.1, -0.05) is 0 Å². The number of ether oxygens (including phenoxy) is 1. The van der Waals surface area contributed by atoms with E-state index in [4.69, 9.17) is 0 Å². The number of hydrogen-bond donors (Lipinski definition) is 0. The Morgan fingerprint density at radius 3 is 1.33 bits per heavy atom. The molecule has 0 atom stereocenters. The summed E-state index contributed by atoms with van der Waals surface area (Å²) in [5.74, 6) is -1.12. The average Bonchev–Trinajstić information content (AvgIpc) is 1.27. The molecule has 0 fully saturated rings. The summed E-state index contributed by atoms with van der Waals surface area (Å²) < 4.78 is 3.97. The van der Waals surface area contributed by atoms with Crippen molar-refractivity contribution in [3.05, 3.63) is 0 Å². The van der Waals surface area contributed by atoms with Gasteiger partial charge in [0.05, 0.1) is 0 Å². The second-order valence-corrected chi connectivity index (χ2v) is 1.09. The standard InChI is InChI=1S/C4H6O3.Ba.Sr.4H/c1-3(5)7-4(2)6;;;;;;/h1-2H3;;;;;;. The zero-order valence-electron chi connectivity index (χ0n) is 4.22. The molecule has 5 heteroatoms. The molecule has 3 nitrogen and oxygen atoms in total. The van der Waals surface area contributed by atoms with E-state index in [-0.39, 0.29) is 94.4 Å². The van der Waals surface area contributed by atoms with Gasteiger partial charge in [-0.25, -0.2) is 0 Å². The molecule has 48 valence electrons. The molecule has 0 aliphatic rings. The summed E-state index contributed by atoms with van der Waals surface area (Å²) in [7, 11) is 0. The first-order valence-corrected chi connectivity index (χ1v) is 1.82. The van der Waals surface area contributed by atoms with E-state index in [2.05, 4.69) is 4.74 Å². The van der Waals surface area contributed by atoms with Gasteiger partial charge in [-0.05, 0) is 0 Å². The minimum atomic E-state index is -0.562. The van der Waals surface area contributed by atoms with Gasteiger partial charge in [0.15, 0.2) is 0 Å². The predicted molar refractivity (Wildman–Crippen MR) is 39.5 cm³/mol. The van der Waals surface area contributed by atoms with Crippen molar-refractivity contribution in [1.29, 1.82) is 0 Å². The number of hydrogen-bond acceptors (Lipinski definition) is 3. The molecule has 0 amide bonds. The monoisotopic (exact) mass is 332 g/mol. The molecule has 0 saturated heterocycles. The molecule has 0 saturated carbocycles. The van der Waals surface area contributed by atoms with Crippen molar-refractivity contribution in [3.8, 4) is 0 Å². The Balaban J connectivity index is -0.000000180. The van der Waals surface area contributed by atoms with Crippen molar-refractivity contribution >= 4 is 106 Å². The van der Waals surface area contributed by atoms with Crippen LogP contribution < -0.4 is 0 Å². The minimum absolute atomic E-state index is 0. The molecule has 0 bridgehead atoms. The SMILES string of the molecule is CC(=O)OC(C)=O.[BaH2].[SrH2]. The number of rotatable bonds is 0. The Morgan fingerprint density at radius 2 is 1.33 bits per heavy atom. The Kier molecular flexibility index (Phi) is 19.6. The predicted octanol–water partition coefficient (Wildman–Crippen LogP) is -1.74. The fourth-order valence-electron chi connectivity index (χ4n) is 0.202. The van der Waals surface area contributed by atoms with Gasteiger partial charge in [0.2, 0.25) is 0 Å². The van der Waals surface area contributed by atoms with Crippen LogP contribution in [-0.4, -0.2) is 106 Å². The quantitative estimate of drug-likeness (QED) is 0.301. The maximum atomic E-state index is 9.81. The summed E-state index contributed by atoms with van der Waals surface area (Å²) in [4.78, 5) is 19.6. The fourth-order valence-corrected chi connectivity index (χ4v) is 0.202. The van der Waals surface area contributed by atoms with Gasteiger partial charge in [0.1, 0.15) is 0 Å². The van der Waals surface area contributed by atoms with Crippen LogP contribution in [0.15, 0.2) is 0 Å². The molecule has 0 aliphatic carbocycles. The summed E-state index contributed by atoms with van der Waals surface area (Å²) in [6, 6.07) is 0. The van der Waals surface area contributed by atoms with Crippen molar-refractivity contribution in [2.75, 3.05) is 0 Å². The number of esters is 2.